The minimum absolute atomic E-state index is 0.417. The smallest absolute Gasteiger partial charge is 0.165 e. The van der Waals surface area contributed by atoms with Crippen LogP contribution in [0.4, 0.5) is 0 Å². The fourth-order valence-corrected chi connectivity index (χ4v) is 14.5. The highest BCUT2D eigenvalue weighted by atomic mass is 16.3. The van der Waals surface area contributed by atoms with Crippen LogP contribution in [0.3, 0.4) is 0 Å². The molecule has 0 fully saturated rings. The van der Waals surface area contributed by atoms with Crippen molar-refractivity contribution >= 4 is 109 Å². The predicted octanol–water partition coefficient (Wildman–Crippen LogP) is 19.6. The number of aromatic nitrogens is 5. The number of fused-ring (bicyclic) bond motifs is 15. The molecule has 6 heterocycles. The Morgan fingerprint density at radius 2 is 0.579 bits per heavy atom. The molecule has 0 spiro atoms. The lowest BCUT2D eigenvalue weighted by atomic mass is 9.98. The minimum atomic E-state index is 0.417. The van der Waals surface area contributed by atoms with Crippen LogP contribution in [0.25, 0.3) is 166 Å². The van der Waals surface area contributed by atoms with Crippen LogP contribution >= 0.6 is 0 Å². The molecule has 95 heavy (non-hydrogen) atoms. The summed E-state index contributed by atoms with van der Waals surface area (Å²) in [5.41, 5.74) is 16.1. The second-order valence-corrected chi connectivity index (χ2v) is 23.7. The molecule has 0 N–H and O–H groups in total. The van der Waals surface area contributed by atoms with Gasteiger partial charge in [-0.3, -0.25) is 9.13 Å². The van der Waals surface area contributed by atoms with Gasteiger partial charge < -0.3 is 13.6 Å². The van der Waals surface area contributed by atoms with Crippen LogP contribution < -0.4 is 0 Å². The zero-order chi connectivity index (χ0) is 63.7. The molecule has 0 saturated heterocycles. The van der Waals surface area contributed by atoms with Gasteiger partial charge in [0.05, 0.1) is 114 Å². The highest BCUT2D eigenvalue weighted by molar-refractivity contribution is 6.19. The van der Waals surface area contributed by atoms with Crippen LogP contribution in [0.15, 0.2) is 253 Å². The van der Waals surface area contributed by atoms with Gasteiger partial charge in [-0.05, 0) is 162 Å². The number of hydrogen-bond acceptors (Lipinski definition) is 8. The van der Waals surface area contributed by atoms with Crippen molar-refractivity contribution in [1.29, 1.82) is 31.6 Å². The molecule has 0 aliphatic carbocycles. The molecule has 0 amide bonds. The van der Waals surface area contributed by atoms with Gasteiger partial charge in [0.2, 0.25) is 0 Å². The van der Waals surface area contributed by atoms with E-state index in [1.807, 2.05) is 146 Å². The largest absolute Gasteiger partial charge is 0.455 e. The molecule has 0 aliphatic rings. The minimum Gasteiger partial charge on any atom is -0.455 e. The van der Waals surface area contributed by atoms with Gasteiger partial charge in [-0.15, -0.1) is 0 Å². The van der Waals surface area contributed by atoms with Crippen molar-refractivity contribution in [2.24, 2.45) is 0 Å². The fraction of sp³-hybridized carbons (Fsp3) is 0. The van der Waals surface area contributed by atoms with E-state index in [1.54, 1.807) is 24.3 Å². The summed E-state index contributed by atoms with van der Waals surface area (Å²) in [5.74, 6) is 0.890. The molecule has 0 atom stereocenters. The fourth-order valence-electron chi connectivity index (χ4n) is 14.5. The first-order valence-corrected chi connectivity index (χ1v) is 30.7. The standard InChI is InChI=1S/C83H41N11O/c84-42-48-18-26-69-61(34-48)62-35-49(43-85)19-27-70(62)91(69)79-78(60-16-9-15-59-58-14-7-8-17-77(58)95-81(59)60)80(92-71-28-20-50(44-86)36-63(71)64-37-51(45-87)21-29-72(64)92)83(90-82(79)93-73-30-22-52(46-88)38-65(73)66-39-53(47-89)23-31-74(66)93)94-75-32-24-56(54-10-3-1-4-11-54)40-67(75)68-41-57(25-33-76(68)94)55-12-5-2-6-13-55/h1-41H. The second-order valence-electron chi connectivity index (χ2n) is 23.7. The molecule has 434 valence electrons. The summed E-state index contributed by atoms with van der Waals surface area (Å²) >= 11 is 0. The van der Waals surface area contributed by atoms with E-state index in [0.29, 0.717) is 133 Å². The van der Waals surface area contributed by atoms with Crippen molar-refractivity contribution < 1.29 is 4.42 Å². The predicted molar refractivity (Wildman–Crippen MR) is 373 cm³/mol. The molecule has 0 saturated carbocycles. The molecule has 6 aromatic heterocycles. The summed E-state index contributed by atoms with van der Waals surface area (Å²) in [6.45, 7) is 0. The van der Waals surface area contributed by atoms with Crippen LogP contribution in [0.5, 0.6) is 0 Å². The zero-order valence-corrected chi connectivity index (χ0v) is 50.0. The highest BCUT2D eigenvalue weighted by Crippen LogP contribution is 2.52. The first-order valence-electron chi connectivity index (χ1n) is 30.7. The summed E-state index contributed by atoms with van der Waals surface area (Å²) in [5, 5.41) is 71.9. The maximum Gasteiger partial charge on any atom is 0.165 e. The summed E-state index contributed by atoms with van der Waals surface area (Å²) in [7, 11) is 0. The quantitative estimate of drug-likeness (QED) is 0.151. The van der Waals surface area contributed by atoms with Crippen molar-refractivity contribution in [3.05, 3.63) is 282 Å². The Labute approximate surface area is 540 Å². The summed E-state index contributed by atoms with van der Waals surface area (Å²) in [6, 6.07) is 96.1. The van der Waals surface area contributed by atoms with Gasteiger partial charge in [-0.1, -0.05) is 109 Å². The summed E-state index contributed by atoms with van der Waals surface area (Å²) in [6.07, 6.45) is 0. The first-order chi connectivity index (χ1) is 46.8. The number of furan rings is 1. The molecular weight excluding hydrogens is 1170 g/mol. The van der Waals surface area contributed by atoms with E-state index >= 15 is 0 Å². The number of hydrogen-bond donors (Lipinski definition) is 0. The highest BCUT2D eigenvalue weighted by Gasteiger charge is 2.35. The van der Waals surface area contributed by atoms with Gasteiger partial charge in [0.25, 0.3) is 0 Å². The molecular formula is C83H41N11O. The van der Waals surface area contributed by atoms with Gasteiger partial charge in [0.1, 0.15) is 22.5 Å². The molecule has 12 aromatic carbocycles. The molecule has 0 radical (unpaired) electrons. The maximum atomic E-state index is 10.7. The van der Waals surface area contributed by atoms with E-state index in [-0.39, 0.29) is 0 Å². The SMILES string of the molecule is N#Cc1ccc2c(c1)c1cc(C#N)ccc1n2-c1nc(-n2c3ccc(-c4ccccc4)cc3c3cc(-c4ccccc4)ccc32)c(-n2c3ccc(C#N)cc3c3cc(C#N)ccc32)c(-c2cccc3c2oc2ccccc23)c1-n1c2ccc(C#N)cc2c2cc(C#N)ccc21. The van der Waals surface area contributed by atoms with Crippen LogP contribution in [-0.2, 0) is 0 Å². The number of rotatable bonds is 7. The zero-order valence-electron chi connectivity index (χ0n) is 50.0. The number of benzene rings is 12. The van der Waals surface area contributed by atoms with E-state index in [2.05, 4.69) is 134 Å². The molecule has 18 rings (SSSR count). The first kappa shape index (κ1) is 53.7. The Morgan fingerprint density at radius 1 is 0.263 bits per heavy atom. The van der Waals surface area contributed by atoms with E-state index in [4.69, 9.17) is 9.40 Å². The lowest BCUT2D eigenvalue weighted by Crippen LogP contribution is -2.16. The molecule has 0 bridgehead atoms. The van der Waals surface area contributed by atoms with Crippen molar-refractivity contribution in [2.45, 2.75) is 0 Å². The average Bonchev–Trinajstić information content (AvgIpc) is 1.57. The van der Waals surface area contributed by atoms with Crippen molar-refractivity contribution in [2.75, 3.05) is 0 Å². The number of nitrogens with zero attached hydrogens (tertiary/aromatic N) is 11. The van der Waals surface area contributed by atoms with Crippen LogP contribution in [-0.4, -0.2) is 23.3 Å². The Balaban J connectivity index is 1.16. The Kier molecular flexibility index (Phi) is 11.7. The van der Waals surface area contributed by atoms with Gasteiger partial charge in [-0.2, -0.15) is 31.6 Å². The van der Waals surface area contributed by atoms with Gasteiger partial charge in [-0.25, -0.2) is 4.98 Å². The molecule has 12 heteroatoms. The number of pyridine rings is 1. The lowest BCUT2D eigenvalue weighted by molar-refractivity contribution is 0.670. The normalized spacial score (nSPS) is 11.5. The topological polar surface area (TPSA) is 188 Å². The third-order valence-corrected chi connectivity index (χ3v) is 18.7. The van der Waals surface area contributed by atoms with Crippen molar-refractivity contribution in [1.82, 2.24) is 23.3 Å². The third kappa shape index (κ3) is 7.91. The number of nitriles is 6. The van der Waals surface area contributed by atoms with Gasteiger partial charge >= 0.3 is 0 Å². The van der Waals surface area contributed by atoms with E-state index in [1.165, 1.54) is 0 Å². The van der Waals surface area contributed by atoms with Crippen LogP contribution in [0.2, 0.25) is 0 Å². The van der Waals surface area contributed by atoms with E-state index in [9.17, 15) is 31.6 Å². The average molecular weight is 1210 g/mol. The summed E-state index contributed by atoms with van der Waals surface area (Å²) < 4.78 is 16.1. The van der Waals surface area contributed by atoms with E-state index < -0.39 is 0 Å². The Hall–Kier alpha value is -14.3. The monoisotopic (exact) mass is 1210 g/mol. The molecule has 18 aromatic rings. The van der Waals surface area contributed by atoms with Crippen LogP contribution in [0.1, 0.15) is 33.4 Å². The maximum absolute atomic E-state index is 10.7. The Morgan fingerprint density at radius 3 is 0.947 bits per heavy atom. The Bertz CT molecular complexity index is 6420. The van der Waals surface area contributed by atoms with Crippen LogP contribution in [0, 0.1) is 68.0 Å². The van der Waals surface area contributed by atoms with E-state index in [0.717, 1.165) is 65.6 Å². The second kappa shape index (κ2) is 20.6. The van der Waals surface area contributed by atoms with Gasteiger partial charge in [0.15, 0.2) is 11.6 Å². The third-order valence-electron chi connectivity index (χ3n) is 18.7. The van der Waals surface area contributed by atoms with Crippen molar-refractivity contribution in [3.63, 3.8) is 0 Å². The molecule has 0 aliphatic heterocycles. The van der Waals surface area contributed by atoms with Gasteiger partial charge in [0, 0.05) is 65.0 Å². The summed E-state index contributed by atoms with van der Waals surface area (Å²) in [4.78, 5) is 6.40. The molecule has 12 nitrogen and oxygen atoms in total. The molecule has 0 unspecified atom stereocenters. The van der Waals surface area contributed by atoms with Crippen molar-refractivity contribution in [3.8, 4) is 92.8 Å². The number of para-hydroxylation sites is 2. The lowest BCUT2D eigenvalue weighted by Gasteiger charge is -2.27.